The summed E-state index contributed by atoms with van der Waals surface area (Å²) in [5, 5.41) is 0. The van der Waals surface area contributed by atoms with Gasteiger partial charge in [-0.3, -0.25) is 0 Å². The molecule has 0 atom stereocenters. The average Bonchev–Trinajstić information content (AvgIpc) is 2.65. The quantitative estimate of drug-likeness (QED) is 0.501. The first-order valence-corrected chi connectivity index (χ1v) is 8.92. The highest BCUT2D eigenvalue weighted by Gasteiger charge is 2.18. The lowest BCUT2D eigenvalue weighted by atomic mass is 9.96. The molecule has 1 fully saturated rings. The van der Waals surface area contributed by atoms with Gasteiger partial charge in [0.05, 0.1) is 18.9 Å². The van der Waals surface area contributed by atoms with Gasteiger partial charge in [0.15, 0.2) is 0 Å². The van der Waals surface area contributed by atoms with Gasteiger partial charge in [0, 0.05) is 19.0 Å². The van der Waals surface area contributed by atoms with E-state index in [9.17, 15) is 4.39 Å². The Morgan fingerprint density at radius 3 is 2.81 bits per heavy atom. The topological polar surface area (TPSA) is 69.7 Å². The molecule has 0 aliphatic heterocycles. The van der Waals surface area contributed by atoms with Crippen LogP contribution >= 0.6 is 0 Å². The molecule has 1 aliphatic rings. The van der Waals surface area contributed by atoms with E-state index in [-0.39, 0.29) is 18.4 Å². The maximum absolute atomic E-state index is 13.9. The van der Waals surface area contributed by atoms with Crippen molar-refractivity contribution in [1.82, 2.24) is 4.98 Å². The zero-order valence-corrected chi connectivity index (χ0v) is 15.2. The normalized spacial score (nSPS) is 14.1. The molecule has 1 saturated carbocycles. The maximum atomic E-state index is 13.9. The van der Waals surface area contributed by atoms with Crippen LogP contribution in [0.25, 0.3) is 0 Å². The van der Waals surface area contributed by atoms with Gasteiger partial charge >= 0.3 is 0 Å². The molecule has 1 heterocycles. The van der Waals surface area contributed by atoms with E-state index in [2.05, 4.69) is 21.8 Å². The molecule has 0 radical (unpaired) electrons. The number of pyridine rings is 1. The first-order chi connectivity index (χ1) is 13.1. The largest absolute Gasteiger partial charge is 0.489 e. The van der Waals surface area contributed by atoms with Crippen molar-refractivity contribution >= 4 is 6.02 Å². The number of nitrogens with zero attached hydrogens (tertiary/aromatic N) is 2. The highest BCUT2D eigenvalue weighted by Crippen LogP contribution is 2.24. The SMILES string of the molecule is CN=C(N)OCCc1cc(C#Cc2ccc(OC3CCC3)cn2)ccc1F. The van der Waals surface area contributed by atoms with E-state index in [4.69, 9.17) is 15.2 Å². The van der Waals surface area contributed by atoms with Crippen LogP contribution in [0.15, 0.2) is 41.5 Å². The van der Waals surface area contributed by atoms with Gasteiger partial charge in [0.2, 0.25) is 0 Å². The smallest absolute Gasteiger partial charge is 0.281 e. The fourth-order valence-corrected chi connectivity index (χ4v) is 2.52. The summed E-state index contributed by atoms with van der Waals surface area (Å²) in [5.41, 5.74) is 7.32. The highest BCUT2D eigenvalue weighted by atomic mass is 19.1. The number of aliphatic imine (C=N–C) groups is 1. The molecule has 1 aromatic heterocycles. The number of ether oxygens (including phenoxy) is 2. The molecular formula is C21H22FN3O2. The van der Waals surface area contributed by atoms with Crippen LogP contribution in [0, 0.1) is 17.7 Å². The first-order valence-electron chi connectivity index (χ1n) is 8.92. The average molecular weight is 367 g/mol. The van der Waals surface area contributed by atoms with Crippen molar-refractivity contribution in [3.63, 3.8) is 0 Å². The molecule has 2 aromatic rings. The third-order valence-corrected chi connectivity index (χ3v) is 4.31. The summed E-state index contributed by atoms with van der Waals surface area (Å²) >= 11 is 0. The first kappa shape index (κ1) is 18.7. The van der Waals surface area contributed by atoms with Gasteiger partial charge in [-0.2, -0.15) is 0 Å². The molecule has 6 heteroatoms. The van der Waals surface area contributed by atoms with E-state index in [0.29, 0.717) is 29.3 Å². The van der Waals surface area contributed by atoms with Gasteiger partial charge in [-0.25, -0.2) is 14.4 Å². The summed E-state index contributed by atoms with van der Waals surface area (Å²) < 4.78 is 24.9. The van der Waals surface area contributed by atoms with E-state index < -0.39 is 0 Å². The van der Waals surface area contributed by atoms with Gasteiger partial charge < -0.3 is 15.2 Å². The summed E-state index contributed by atoms with van der Waals surface area (Å²) in [7, 11) is 1.53. The van der Waals surface area contributed by atoms with E-state index in [1.54, 1.807) is 18.3 Å². The lowest BCUT2D eigenvalue weighted by Gasteiger charge is -2.26. The van der Waals surface area contributed by atoms with Crippen molar-refractivity contribution in [1.29, 1.82) is 0 Å². The molecule has 3 rings (SSSR count). The van der Waals surface area contributed by atoms with Crippen LogP contribution < -0.4 is 10.5 Å². The summed E-state index contributed by atoms with van der Waals surface area (Å²) in [6.45, 7) is 0.251. The molecule has 27 heavy (non-hydrogen) atoms. The Balaban J connectivity index is 1.62. The Bertz CT molecular complexity index is 865. The molecule has 0 unspecified atom stereocenters. The fourth-order valence-electron chi connectivity index (χ4n) is 2.52. The number of benzene rings is 1. The van der Waals surface area contributed by atoms with Crippen LogP contribution in [0.2, 0.25) is 0 Å². The van der Waals surface area contributed by atoms with Crippen LogP contribution in [-0.4, -0.2) is 30.8 Å². The van der Waals surface area contributed by atoms with E-state index >= 15 is 0 Å². The predicted octanol–water partition coefficient (Wildman–Crippen LogP) is 3.06. The lowest BCUT2D eigenvalue weighted by molar-refractivity contribution is 0.120. The Hall–Kier alpha value is -3.07. The van der Waals surface area contributed by atoms with Gasteiger partial charge in [0.1, 0.15) is 17.3 Å². The zero-order valence-electron chi connectivity index (χ0n) is 15.2. The summed E-state index contributed by atoms with van der Waals surface area (Å²) in [5.74, 6) is 6.47. The molecule has 1 aromatic carbocycles. The van der Waals surface area contributed by atoms with Gasteiger partial charge in [0.25, 0.3) is 6.02 Å². The zero-order chi connectivity index (χ0) is 19.1. The number of halogens is 1. The Morgan fingerprint density at radius 2 is 2.15 bits per heavy atom. The van der Waals surface area contributed by atoms with Crippen molar-refractivity contribution in [3.05, 3.63) is 59.2 Å². The third kappa shape index (κ3) is 5.45. The number of amidine groups is 1. The highest BCUT2D eigenvalue weighted by molar-refractivity contribution is 5.71. The van der Waals surface area contributed by atoms with Crippen LogP contribution in [0.3, 0.4) is 0 Å². The molecule has 0 saturated heterocycles. The number of rotatable bonds is 5. The second-order valence-electron chi connectivity index (χ2n) is 6.27. The third-order valence-electron chi connectivity index (χ3n) is 4.31. The van der Waals surface area contributed by atoms with Gasteiger partial charge in [-0.05, 0) is 61.1 Å². The monoisotopic (exact) mass is 367 g/mol. The van der Waals surface area contributed by atoms with Crippen molar-refractivity contribution < 1.29 is 13.9 Å². The fraction of sp³-hybridized carbons (Fsp3) is 0.333. The van der Waals surface area contributed by atoms with Crippen molar-refractivity contribution in [3.8, 4) is 17.6 Å². The Morgan fingerprint density at radius 1 is 1.30 bits per heavy atom. The van der Waals surface area contributed by atoms with E-state index in [1.165, 1.54) is 19.5 Å². The number of aromatic nitrogens is 1. The molecule has 5 nitrogen and oxygen atoms in total. The minimum absolute atomic E-state index is 0.0853. The van der Waals surface area contributed by atoms with Crippen LogP contribution in [0.1, 0.15) is 36.1 Å². The van der Waals surface area contributed by atoms with Crippen molar-refractivity contribution in [2.24, 2.45) is 10.7 Å². The molecule has 2 N–H and O–H groups in total. The van der Waals surface area contributed by atoms with E-state index in [0.717, 1.165) is 18.6 Å². The molecule has 0 bridgehead atoms. The number of hydrogen-bond acceptors (Lipinski definition) is 4. The second kappa shape index (κ2) is 9.04. The molecule has 0 spiro atoms. The van der Waals surface area contributed by atoms with Crippen LogP contribution in [0.5, 0.6) is 5.75 Å². The molecule has 140 valence electrons. The molecule has 1 aliphatic carbocycles. The predicted molar refractivity (Wildman–Crippen MR) is 102 cm³/mol. The van der Waals surface area contributed by atoms with Gasteiger partial charge in [-0.1, -0.05) is 5.92 Å². The minimum Gasteiger partial charge on any atom is -0.489 e. The van der Waals surface area contributed by atoms with Crippen molar-refractivity contribution in [2.75, 3.05) is 13.7 Å². The van der Waals surface area contributed by atoms with Gasteiger partial charge in [-0.15, -0.1) is 0 Å². The number of nitrogens with two attached hydrogens (primary N) is 1. The van der Waals surface area contributed by atoms with Crippen LogP contribution in [0.4, 0.5) is 4.39 Å². The summed E-state index contributed by atoms with van der Waals surface area (Å²) in [6.07, 6.45) is 5.84. The summed E-state index contributed by atoms with van der Waals surface area (Å²) in [4.78, 5) is 8.00. The lowest BCUT2D eigenvalue weighted by Crippen LogP contribution is -2.24. The molecule has 0 amide bonds. The summed E-state index contributed by atoms with van der Waals surface area (Å²) in [6, 6.07) is 8.54. The van der Waals surface area contributed by atoms with Crippen LogP contribution in [-0.2, 0) is 11.2 Å². The molecular weight excluding hydrogens is 345 g/mol. The number of hydrogen-bond donors (Lipinski definition) is 1. The Labute approximate surface area is 158 Å². The minimum atomic E-state index is -0.299. The Kier molecular flexibility index (Phi) is 6.26. The second-order valence-corrected chi connectivity index (χ2v) is 6.27. The van der Waals surface area contributed by atoms with E-state index in [1.807, 2.05) is 12.1 Å². The van der Waals surface area contributed by atoms with Crippen molar-refractivity contribution in [2.45, 2.75) is 31.8 Å². The maximum Gasteiger partial charge on any atom is 0.281 e. The standard InChI is InChI=1S/C21H22FN3O2/c1-24-21(23)26-12-11-16-13-15(6-10-20(16)22)5-7-17-8-9-19(14-25-17)27-18-3-2-4-18/h6,8-10,13-14,18H,2-4,11-12H2,1H3,(H2,23,24).